The number of pyridine rings is 1. The van der Waals surface area contributed by atoms with Gasteiger partial charge in [0.05, 0.1) is 31.3 Å². The summed E-state index contributed by atoms with van der Waals surface area (Å²) in [7, 11) is -3.70. The van der Waals surface area contributed by atoms with Gasteiger partial charge in [-0.05, 0) is 18.2 Å². The molecule has 8 nitrogen and oxygen atoms in total. The summed E-state index contributed by atoms with van der Waals surface area (Å²) in [4.78, 5) is 6.67. The second-order valence-electron chi connectivity index (χ2n) is 6.37. The van der Waals surface area contributed by atoms with Gasteiger partial charge in [0, 0.05) is 31.4 Å². The molecule has 0 unspecified atom stereocenters. The molecule has 28 heavy (non-hydrogen) atoms. The zero-order valence-electron chi connectivity index (χ0n) is 15.2. The lowest BCUT2D eigenvalue weighted by Gasteiger charge is -2.29. The van der Waals surface area contributed by atoms with Crippen LogP contribution in [-0.2, 0) is 21.3 Å². The van der Waals surface area contributed by atoms with E-state index in [1.165, 1.54) is 17.1 Å². The van der Waals surface area contributed by atoms with Gasteiger partial charge in [0.15, 0.2) is 0 Å². The molecule has 3 heterocycles. The highest BCUT2D eigenvalue weighted by atomic mass is 32.2. The van der Waals surface area contributed by atoms with Crippen LogP contribution in [0, 0.1) is 0 Å². The van der Waals surface area contributed by atoms with E-state index in [4.69, 9.17) is 4.74 Å². The fourth-order valence-electron chi connectivity index (χ4n) is 3.05. The lowest BCUT2D eigenvalue weighted by Crippen LogP contribution is -2.37. The van der Waals surface area contributed by atoms with Crippen molar-refractivity contribution in [2.75, 3.05) is 31.2 Å². The molecule has 0 atom stereocenters. The Morgan fingerprint density at radius 3 is 2.64 bits per heavy atom. The van der Waals surface area contributed by atoms with Gasteiger partial charge in [0.2, 0.25) is 10.0 Å². The van der Waals surface area contributed by atoms with E-state index < -0.39 is 10.0 Å². The number of benzene rings is 1. The molecule has 4 rings (SSSR count). The van der Waals surface area contributed by atoms with E-state index in [1.54, 1.807) is 12.3 Å². The second-order valence-corrected chi connectivity index (χ2v) is 8.13. The van der Waals surface area contributed by atoms with Crippen LogP contribution in [-0.4, -0.2) is 49.5 Å². The van der Waals surface area contributed by atoms with Crippen molar-refractivity contribution in [2.45, 2.75) is 11.4 Å². The standard InChI is InChI=1S/C19H21N5O3S/c25-28(26,18-14-21-24(15-18)17-6-2-1-3-7-17)22-13-16-5-4-8-20-19(16)23-9-11-27-12-10-23/h1-8,14-15,22H,9-13H2. The molecule has 1 fully saturated rings. The van der Waals surface area contributed by atoms with Crippen LogP contribution in [0.3, 0.4) is 0 Å². The van der Waals surface area contributed by atoms with E-state index in [2.05, 4.69) is 19.7 Å². The number of nitrogens with zero attached hydrogens (tertiary/aromatic N) is 4. The predicted molar refractivity (Wildman–Crippen MR) is 105 cm³/mol. The number of para-hydroxylation sites is 1. The Morgan fingerprint density at radius 1 is 1.07 bits per heavy atom. The molecule has 0 aliphatic carbocycles. The van der Waals surface area contributed by atoms with Crippen LogP contribution in [0.4, 0.5) is 5.82 Å². The third-order valence-electron chi connectivity index (χ3n) is 4.52. The van der Waals surface area contributed by atoms with Crippen molar-refractivity contribution in [3.05, 3.63) is 66.6 Å². The van der Waals surface area contributed by atoms with Crippen LogP contribution in [0.5, 0.6) is 0 Å². The van der Waals surface area contributed by atoms with Gasteiger partial charge in [0.25, 0.3) is 0 Å². The smallest absolute Gasteiger partial charge is 0.244 e. The molecule has 1 N–H and O–H groups in total. The quantitative estimate of drug-likeness (QED) is 0.677. The summed E-state index contributed by atoms with van der Waals surface area (Å²) >= 11 is 0. The van der Waals surface area contributed by atoms with E-state index >= 15 is 0 Å². The van der Waals surface area contributed by atoms with Gasteiger partial charge in [-0.15, -0.1) is 0 Å². The Kier molecular flexibility index (Phi) is 5.38. The van der Waals surface area contributed by atoms with Gasteiger partial charge in [-0.25, -0.2) is 22.8 Å². The summed E-state index contributed by atoms with van der Waals surface area (Å²) in [6.07, 6.45) is 4.57. The van der Waals surface area contributed by atoms with Crippen LogP contribution in [0.2, 0.25) is 0 Å². The maximum atomic E-state index is 12.7. The van der Waals surface area contributed by atoms with Crippen molar-refractivity contribution in [1.82, 2.24) is 19.5 Å². The van der Waals surface area contributed by atoms with Crippen LogP contribution in [0.1, 0.15) is 5.56 Å². The van der Waals surface area contributed by atoms with E-state index in [0.29, 0.717) is 13.2 Å². The number of rotatable bonds is 6. The van der Waals surface area contributed by atoms with Gasteiger partial charge in [-0.2, -0.15) is 5.10 Å². The third-order valence-corrected chi connectivity index (χ3v) is 5.88. The minimum atomic E-state index is -3.70. The number of hydrogen-bond acceptors (Lipinski definition) is 6. The first-order chi connectivity index (χ1) is 13.6. The Labute approximate surface area is 163 Å². The first-order valence-electron chi connectivity index (χ1n) is 9.00. The molecule has 1 aliphatic heterocycles. The summed E-state index contributed by atoms with van der Waals surface area (Å²) in [5, 5.41) is 4.16. The van der Waals surface area contributed by atoms with Crippen LogP contribution in [0.25, 0.3) is 5.69 Å². The largest absolute Gasteiger partial charge is 0.378 e. The molecule has 3 aromatic rings. The van der Waals surface area contributed by atoms with Gasteiger partial charge < -0.3 is 9.64 Å². The van der Waals surface area contributed by atoms with Crippen molar-refractivity contribution < 1.29 is 13.2 Å². The first kappa shape index (κ1) is 18.6. The third kappa shape index (κ3) is 4.06. The maximum absolute atomic E-state index is 12.7. The number of aromatic nitrogens is 3. The molecule has 0 radical (unpaired) electrons. The molecule has 0 bridgehead atoms. The number of morpholine rings is 1. The van der Waals surface area contributed by atoms with Crippen molar-refractivity contribution in [3.63, 3.8) is 0 Å². The lowest BCUT2D eigenvalue weighted by atomic mass is 10.2. The summed E-state index contributed by atoms with van der Waals surface area (Å²) in [6, 6.07) is 13.1. The number of hydrogen-bond donors (Lipinski definition) is 1. The molecular formula is C19H21N5O3S. The minimum Gasteiger partial charge on any atom is -0.378 e. The van der Waals surface area contributed by atoms with Crippen molar-refractivity contribution in [1.29, 1.82) is 0 Å². The molecule has 0 amide bonds. The molecule has 9 heteroatoms. The van der Waals surface area contributed by atoms with Crippen LogP contribution in [0.15, 0.2) is 66.0 Å². The highest BCUT2D eigenvalue weighted by Crippen LogP contribution is 2.19. The zero-order chi connectivity index (χ0) is 19.4. The monoisotopic (exact) mass is 399 g/mol. The van der Waals surface area contributed by atoms with Crippen LogP contribution < -0.4 is 9.62 Å². The maximum Gasteiger partial charge on any atom is 0.244 e. The molecule has 0 spiro atoms. The fraction of sp³-hybridized carbons (Fsp3) is 0.263. The van der Waals surface area contributed by atoms with Gasteiger partial charge >= 0.3 is 0 Å². The molecule has 1 saturated heterocycles. The van der Waals surface area contributed by atoms with Gasteiger partial charge in [-0.1, -0.05) is 24.3 Å². The van der Waals surface area contributed by atoms with E-state index in [1.807, 2.05) is 36.4 Å². The Bertz CT molecular complexity index is 1030. The second kappa shape index (κ2) is 8.09. The molecule has 0 saturated carbocycles. The van der Waals surface area contributed by atoms with E-state index in [-0.39, 0.29) is 11.4 Å². The van der Waals surface area contributed by atoms with Gasteiger partial charge in [-0.3, -0.25) is 0 Å². The minimum absolute atomic E-state index is 0.119. The predicted octanol–water partition coefficient (Wildman–Crippen LogP) is 1.58. The van der Waals surface area contributed by atoms with E-state index in [9.17, 15) is 8.42 Å². The first-order valence-corrected chi connectivity index (χ1v) is 10.5. The summed E-state index contributed by atoms with van der Waals surface area (Å²) < 4.78 is 35.0. The molecule has 1 aliphatic rings. The van der Waals surface area contributed by atoms with Crippen LogP contribution >= 0.6 is 0 Å². The van der Waals surface area contributed by atoms with E-state index in [0.717, 1.165) is 30.2 Å². The lowest BCUT2D eigenvalue weighted by molar-refractivity contribution is 0.122. The summed E-state index contributed by atoms with van der Waals surface area (Å²) in [5.41, 5.74) is 1.62. The topological polar surface area (TPSA) is 89.3 Å². The average Bonchev–Trinajstić information content (AvgIpc) is 3.25. The van der Waals surface area contributed by atoms with Gasteiger partial charge in [0.1, 0.15) is 10.7 Å². The number of sulfonamides is 1. The van der Waals surface area contributed by atoms with Crippen molar-refractivity contribution >= 4 is 15.8 Å². The molecular weight excluding hydrogens is 378 g/mol. The molecule has 146 valence electrons. The van der Waals surface area contributed by atoms with Crippen molar-refractivity contribution in [3.8, 4) is 5.69 Å². The number of nitrogens with one attached hydrogen (secondary N) is 1. The molecule has 1 aromatic carbocycles. The Balaban J connectivity index is 1.50. The Morgan fingerprint density at radius 2 is 1.86 bits per heavy atom. The summed E-state index contributed by atoms with van der Waals surface area (Å²) in [6.45, 7) is 2.90. The summed E-state index contributed by atoms with van der Waals surface area (Å²) in [5.74, 6) is 0.786. The number of ether oxygens (including phenoxy) is 1. The fourth-order valence-corrected chi connectivity index (χ4v) is 3.99. The van der Waals surface area contributed by atoms with Crippen molar-refractivity contribution in [2.24, 2.45) is 0 Å². The highest BCUT2D eigenvalue weighted by Gasteiger charge is 2.20. The SMILES string of the molecule is O=S(=O)(NCc1cccnc1N1CCOCC1)c1cnn(-c2ccccc2)c1. The Hall–Kier alpha value is -2.75. The highest BCUT2D eigenvalue weighted by molar-refractivity contribution is 7.89. The zero-order valence-corrected chi connectivity index (χ0v) is 16.0. The normalized spacial score (nSPS) is 14.9. The molecule has 2 aromatic heterocycles. The average molecular weight is 399 g/mol. The number of anilines is 1.